The number of hydrogen-bond donors (Lipinski definition) is 1. The highest BCUT2D eigenvalue weighted by Gasteiger charge is 2.26. The van der Waals surface area contributed by atoms with Crippen molar-refractivity contribution >= 4 is 5.91 Å². The van der Waals surface area contributed by atoms with Crippen molar-refractivity contribution in [3.05, 3.63) is 46.8 Å². The van der Waals surface area contributed by atoms with Crippen molar-refractivity contribution < 1.29 is 4.79 Å². The molecule has 26 heavy (non-hydrogen) atoms. The van der Waals surface area contributed by atoms with Gasteiger partial charge < -0.3 is 10.6 Å². The Hall–Kier alpha value is -2.21. The number of amides is 1. The fourth-order valence-electron chi connectivity index (χ4n) is 3.57. The molecule has 2 N–H and O–H groups in total. The minimum Gasteiger partial charge on any atom is -0.338 e. The lowest BCUT2D eigenvalue weighted by molar-refractivity contribution is 0.0658. The zero-order valence-corrected chi connectivity index (χ0v) is 16.2. The van der Waals surface area contributed by atoms with Crippen LogP contribution in [0.5, 0.6) is 0 Å². The Morgan fingerprint density at radius 2 is 2.12 bits per heavy atom. The van der Waals surface area contributed by atoms with Gasteiger partial charge in [-0.1, -0.05) is 22.9 Å². The molecule has 1 fully saturated rings. The maximum atomic E-state index is 12.9. The fraction of sp³-hybridized carbons (Fsp3) is 0.550. The third kappa shape index (κ3) is 4.12. The first-order valence-electron chi connectivity index (χ1n) is 9.30. The largest absolute Gasteiger partial charge is 0.338 e. The fourth-order valence-corrected chi connectivity index (χ4v) is 3.57. The van der Waals surface area contributed by atoms with Gasteiger partial charge in [0.2, 0.25) is 0 Å². The molecule has 1 atom stereocenters. The average Bonchev–Trinajstić information content (AvgIpc) is 3.03. The molecule has 6 nitrogen and oxygen atoms in total. The molecule has 1 saturated heterocycles. The summed E-state index contributed by atoms with van der Waals surface area (Å²) >= 11 is 0. The number of nitrogens with two attached hydrogens (primary N) is 1. The molecule has 0 bridgehead atoms. The molecular formula is C20H29N5O. The number of aryl methyl sites for hydroxylation is 2. The van der Waals surface area contributed by atoms with E-state index in [0.717, 1.165) is 49.3 Å². The van der Waals surface area contributed by atoms with Crippen LogP contribution in [0, 0.1) is 19.8 Å². The molecule has 1 aliphatic heterocycles. The zero-order chi connectivity index (χ0) is 18.9. The quantitative estimate of drug-likeness (QED) is 0.915. The molecule has 2 aromatic rings. The highest BCUT2D eigenvalue weighted by molar-refractivity contribution is 5.95. The lowest BCUT2D eigenvalue weighted by Crippen LogP contribution is -2.41. The highest BCUT2D eigenvalue weighted by Crippen LogP contribution is 2.22. The first-order valence-corrected chi connectivity index (χ1v) is 9.30. The van der Waals surface area contributed by atoms with E-state index in [1.54, 1.807) is 0 Å². The second-order valence-electron chi connectivity index (χ2n) is 8.13. The van der Waals surface area contributed by atoms with E-state index in [1.807, 2.05) is 55.6 Å². The van der Waals surface area contributed by atoms with Gasteiger partial charge in [-0.3, -0.25) is 9.48 Å². The van der Waals surface area contributed by atoms with E-state index in [9.17, 15) is 4.79 Å². The van der Waals surface area contributed by atoms with E-state index in [0.29, 0.717) is 5.92 Å². The summed E-state index contributed by atoms with van der Waals surface area (Å²) in [7, 11) is 0. The predicted octanol–water partition coefficient (Wildman–Crippen LogP) is 2.64. The van der Waals surface area contributed by atoms with Crippen LogP contribution in [0.4, 0.5) is 0 Å². The first kappa shape index (κ1) is 18.6. The van der Waals surface area contributed by atoms with Crippen molar-refractivity contribution in [3.63, 3.8) is 0 Å². The molecule has 3 rings (SSSR count). The number of aromatic nitrogens is 3. The van der Waals surface area contributed by atoms with Crippen LogP contribution in [0.15, 0.2) is 24.4 Å². The minimum absolute atomic E-state index is 0.134. The Labute approximate surface area is 155 Å². The summed E-state index contributed by atoms with van der Waals surface area (Å²) in [6.45, 7) is 10.2. The highest BCUT2D eigenvalue weighted by atomic mass is 16.2. The summed E-state index contributed by atoms with van der Waals surface area (Å²) in [5.41, 5.74) is 9.42. The summed E-state index contributed by atoms with van der Waals surface area (Å²) in [5.74, 6) is 0.517. The topological polar surface area (TPSA) is 77.0 Å². The van der Waals surface area contributed by atoms with E-state index in [4.69, 9.17) is 5.73 Å². The Kier molecular flexibility index (Phi) is 5.14. The number of nitrogens with zero attached hydrogens (tertiary/aromatic N) is 4. The van der Waals surface area contributed by atoms with Crippen LogP contribution in [0.3, 0.4) is 0 Å². The monoisotopic (exact) mass is 355 g/mol. The number of carbonyl (C=O) groups excluding carboxylic acids is 1. The summed E-state index contributed by atoms with van der Waals surface area (Å²) in [5, 5.41) is 8.39. The van der Waals surface area contributed by atoms with Crippen molar-refractivity contribution in [1.29, 1.82) is 0 Å². The van der Waals surface area contributed by atoms with Crippen LogP contribution in [0.1, 0.15) is 53.9 Å². The minimum atomic E-state index is -0.490. The van der Waals surface area contributed by atoms with Gasteiger partial charge in [0, 0.05) is 25.2 Å². The Balaban J connectivity index is 1.67. The van der Waals surface area contributed by atoms with Crippen molar-refractivity contribution in [2.45, 2.75) is 52.6 Å². The lowest BCUT2D eigenvalue weighted by atomic mass is 9.96. The van der Waals surface area contributed by atoms with Crippen LogP contribution >= 0.6 is 0 Å². The van der Waals surface area contributed by atoms with Crippen LogP contribution in [0.2, 0.25) is 0 Å². The summed E-state index contributed by atoms with van der Waals surface area (Å²) < 4.78 is 1.86. The molecule has 2 heterocycles. The molecule has 0 radical (unpaired) electrons. The van der Waals surface area contributed by atoms with Crippen LogP contribution in [-0.2, 0) is 12.1 Å². The Morgan fingerprint density at radius 1 is 1.35 bits per heavy atom. The number of hydrogen-bond acceptors (Lipinski definition) is 4. The second kappa shape index (κ2) is 7.19. The molecule has 6 heteroatoms. The van der Waals surface area contributed by atoms with E-state index < -0.39 is 5.54 Å². The van der Waals surface area contributed by atoms with Gasteiger partial charge in [-0.15, -0.1) is 5.10 Å². The van der Waals surface area contributed by atoms with E-state index in [1.165, 1.54) is 5.56 Å². The van der Waals surface area contributed by atoms with Gasteiger partial charge in [-0.05, 0) is 58.1 Å². The Morgan fingerprint density at radius 3 is 2.77 bits per heavy atom. The third-order valence-corrected chi connectivity index (χ3v) is 5.06. The van der Waals surface area contributed by atoms with Crippen molar-refractivity contribution in [3.8, 4) is 0 Å². The van der Waals surface area contributed by atoms with E-state index in [-0.39, 0.29) is 5.91 Å². The molecule has 0 saturated carbocycles. The van der Waals surface area contributed by atoms with E-state index >= 15 is 0 Å². The number of rotatable bonds is 4. The molecule has 0 spiro atoms. The third-order valence-electron chi connectivity index (χ3n) is 5.06. The van der Waals surface area contributed by atoms with Crippen molar-refractivity contribution in [1.82, 2.24) is 19.9 Å². The van der Waals surface area contributed by atoms with Crippen molar-refractivity contribution in [2.24, 2.45) is 11.7 Å². The van der Waals surface area contributed by atoms with Crippen molar-refractivity contribution in [2.75, 3.05) is 13.1 Å². The predicted molar refractivity (Wildman–Crippen MR) is 102 cm³/mol. The Bertz CT molecular complexity index is 790. The van der Waals surface area contributed by atoms with Crippen LogP contribution < -0.4 is 5.73 Å². The maximum Gasteiger partial charge on any atom is 0.254 e. The SMILES string of the molecule is Cc1ccc(C(=O)N2CCCC(Cn3cc(C(C)(C)N)nn3)C2)c(C)c1. The van der Waals surface area contributed by atoms with Crippen LogP contribution in [0.25, 0.3) is 0 Å². The molecule has 1 amide bonds. The summed E-state index contributed by atoms with van der Waals surface area (Å²) in [6.07, 6.45) is 4.04. The molecule has 1 aromatic carbocycles. The lowest BCUT2D eigenvalue weighted by Gasteiger charge is -2.33. The zero-order valence-electron chi connectivity index (χ0n) is 16.2. The number of piperidine rings is 1. The molecular weight excluding hydrogens is 326 g/mol. The number of likely N-dealkylation sites (tertiary alicyclic amines) is 1. The standard InChI is InChI=1S/C20H29N5O/c1-14-7-8-17(15(2)10-14)19(26)24-9-5-6-16(11-24)12-25-13-18(22-23-25)20(3,4)21/h7-8,10,13,16H,5-6,9,11-12,21H2,1-4H3. The van der Waals surface area contributed by atoms with Gasteiger partial charge in [0.25, 0.3) is 5.91 Å². The van der Waals surface area contributed by atoms with Gasteiger partial charge >= 0.3 is 0 Å². The molecule has 1 aromatic heterocycles. The number of carbonyl (C=O) groups is 1. The molecule has 140 valence electrons. The van der Waals surface area contributed by atoms with E-state index in [2.05, 4.69) is 16.4 Å². The van der Waals surface area contributed by atoms with Gasteiger partial charge in [-0.25, -0.2) is 0 Å². The molecule has 1 aliphatic rings. The number of benzene rings is 1. The summed E-state index contributed by atoms with van der Waals surface area (Å²) in [4.78, 5) is 14.9. The van der Waals surface area contributed by atoms with Gasteiger partial charge in [0.05, 0.1) is 11.7 Å². The van der Waals surface area contributed by atoms with Gasteiger partial charge in [-0.2, -0.15) is 0 Å². The molecule has 0 aliphatic carbocycles. The maximum absolute atomic E-state index is 12.9. The summed E-state index contributed by atoms with van der Waals surface area (Å²) in [6, 6.07) is 6.02. The average molecular weight is 355 g/mol. The smallest absolute Gasteiger partial charge is 0.254 e. The van der Waals surface area contributed by atoms with Crippen LogP contribution in [-0.4, -0.2) is 38.9 Å². The first-order chi connectivity index (χ1) is 12.2. The van der Waals surface area contributed by atoms with Gasteiger partial charge in [0.1, 0.15) is 5.69 Å². The molecule has 1 unspecified atom stereocenters. The second-order valence-corrected chi connectivity index (χ2v) is 8.13. The van der Waals surface area contributed by atoms with Gasteiger partial charge in [0.15, 0.2) is 0 Å². The normalized spacial score (nSPS) is 18.2.